The quantitative estimate of drug-likeness (QED) is 0.709. The Balaban J connectivity index is 2.91. The maximum Gasteiger partial charge on any atom is 0.379 e. The predicted octanol–water partition coefficient (Wildman–Crippen LogP) is 0.352. The van der Waals surface area contributed by atoms with Gasteiger partial charge in [-0.15, -0.1) is 0 Å². The average molecular weight is 248 g/mol. The summed E-state index contributed by atoms with van der Waals surface area (Å²) in [6, 6.07) is 0. The number of ether oxygens (including phenoxy) is 1. The summed E-state index contributed by atoms with van der Waals surface area (Å²) in [5.74, 6) is -1.13. The average Bonchev–Trinajstić information content (AvgIpc) is 2.64. The number of esters is 1. The Morgan fingerprint density at radius 2 is 2.19 bits per heavy atom. The van der Waals surface area contributed by atoms with Crippen molar-refractivity contribution in [2.45, 2.75) is 19.1 Å². The minimum absolute atomic E-state index is 0.120. The molecule has 1 aromatic heterocycles. The van der Waals surface area contributed by atoms with Gasteiger partial charge in [0.1, 0.15) is 5.25 Å². The lowest BCUT2D eigenvalue weighted by atomic mass is 10.5. The summed E-state index contributed by atoms with van der Waals surface area (Å²) in [7, 11) is -3.33. The van der Waals surface area contributed by atoms with E-state index < -0.39 is 21.1 Å². The number of carbonyl (C=O) groups excluding carboxylic acids is 1. The summed E-state index contributed by atoms with van der Waals surface area (Å²) in [4.78, 5) is 14.8. The first-order valence-corrected chi connectivity index (χ1v) is 6.51. The van der Waals surface area contributed by atoms with Crippen molar-refractivity contribution in [3.63, 3.8) is 0 Å². The van der Waals surface area contributed by atoms with E-state index in [1.54, 1.807) is 6.92 Å². The second-order valence-electron chi connectivity index (χ2n) is 3.15. The minimum atomic E-state index is -3.33. The number of nitrogens with zero attached hydrogens (tertiary/aromatic N) is 2. The van der Waals surface area contributed by atoms with Crippen LogP contribution < -0.4 is 0 Å². The largest absolute Gasteiger partial charge is 0.460 e. The molecule has 1 atom stereocenters. The smallest absolute Gasteiger partial charge is 0.379 e. The third-order valence-electron chi connectivity index (χ3n) is 1.89. The first kappa shape index (κ1) is 12.6. The Morgan fingerprint density at radius 3 is 2.69 bits per heavy atom. The fourth-order valence-electron chi connectivity index (χ4n) is 0.862. The lowest BCUT2D eigenvalue weighted by Gasteiger charge is -2.01. The molecule has 0 spiro atoms. The van der Waals surface area contributed by atoms with Crippen LogP contribution in [0.4, 0.5) is 0 Å². The molecule has 0 aliphatic rings. The number of aromatic nitrogens is 2. The Bertz CT molecular complexity index is 478. The van der Waals surface area contributed by atoms with E-state index in [-0.39, 0.29) is 18.3 Å². The molecule has 0 fully saturated rings. The van der Waals surface area contributed by atoms with Crippen LogP contribution in [0.3, 0.4) is 0 Å². The molecule has 1 heterocycles. The molecule has 1 unspecified atom stereocenters. The van der Waals surface area contributed by atoms with Gasteiger partial charge in [-0.2, -0.15) is 4.98 Å². The van der Waals surface area contributed by atoms with Crippen LogP contribution in [0.1, 0.15) is 35.6 Å². The lowest BCUT2D eigenvalue weighted by Crippen LogP contribution is -2.10. The standard InChI is InChI=1S/C8H12N2O5S/c1-4-14-8(11)6-9-7(15-10-6)5(2)16(3,12)13/h5H,4H2,1-3H3. The molecule has 0 saturated carbocycles. The van der Waals surface area contributed by atoms with Crippen LogP contribution in [0.25, 0.3) is 0 Å². The zero-order valence-electron chi connectivity index (χ0n) is 9.13. The molecule has 0 aliphatic heterocycles. The molecule has 0 radical (unpaired) electrons. The fraction of sp³-hybridized carbons (Fsp3) is 0.625. The van der Waals surface area contributed by atoms with Crippen molar-refractivity contribution >= 4 is 15.8 Å². The van der Waals surface area contributed by atoms with Gasteiger partial charge in [-0.1, -0.05) is 0 Å². The van der Waals surface area contributed by atoms with Gasteiger partial charge < -0.3 is 9.26 Å². The summed E-state index contributed by atoms with van der Waals surface area (Å²) >= 11 is 0. The number of rotatable bonds is 4. The Hall–Kier alpha value is -1.44. The van der Waals surface area contributed by atoms with Crippen molar-refractivity contribution in [2.24, 2.45) is 0 Å². The fourth-order valence-corrected chi connectivity index (χ4v) is 1.32. The van der Waals surface area contributed by atoms with Gasteiger partial charge in [-0.25, -0.2) is 13.2 Å². The summed E-state index contributed by atoms with van der Waals surface area (Å²) in [6.45, 7) is 3.22. The van der Waals surface area contributed by atoms with Gasteiger partial charge in [-0.05, 0) is 19.0 Å². The maximum atomic E-state index is 11.2. The predicted molar refractivity (Wildman–Crippen MR) is 53.5 cm³/mol. The Labute approximate surface area is 92.7 Å². The van der Waals surface area contributed by atoms with Gasteiger partial charge in [0, 0.05) is 6.26 Å². The molecule has 0 aliphatic carbocycles. The maximum absolute atomic E-state index is 11.2. The summed E-state index contributed by atoms with van der Waals surface area (Å²) in [5, 5.41) is 2.40. The van der Waals surface area contributed by atoms with Gasteiger partial charge in [0.25, 0.3) is 5.82 Å². The van der Waals surface area contributed by atoms with Gasteiger partial charge in [0.05, 0.1) is 6.61 Å². The lowest BCUT2D eigenvalue weighted by molar-refractivity contribution is 0.0508. The number of hydrogen-bond acceptors (Lipinski definition) is 7. The van der Waals surface area contributed by atoms with Crippen LogP contribution in [-0.2, 0) is 14.6 Å². The van der Waals surface area contributed by atoms with Crippen LogP contribution >= 0.6 is 0 Å². The molecular formula is C8H12N2O5S. The van der Waals surface area contributed by atoms with Crippen LogP contribution in [0.2, 0.25) is 0 Å². The SMILES string of the molecule is CCOC(=O)c1noc(C(C)S(C)(=O)=O)n1. The topological polar surface area (TPSA) is 99.4 Å². The zero-order valence-corrected chi connectivity index (χ0v) is 9.94. The van der Waals surface area contributed by atoms with Crippen molar-refractivity contribution in [3.8, 4) is 0 Å². The minimum Gasteiger partial charge on any atom is -0.460 e. The van der Waals surface area contributed by atoms with Crippen LogP contribution in [0, 0.1) is 0 Å². The van der Waals surface area contributed by atoms with Crippen molar-refractivity contribution in [1.29, 1.82) is 0 Å². The first-order chi connectivity index (χ1) is 7.36. The van der Waals surface area contributed by atoms with E-state index in [1.807, 2.05) is 0 Å². The van der Waals surface area contributed by atoms with E-state index in [0.717, 1.165) is 6.26 Å². The molecule has 0 bridgehead atoms. The van der Waals surface area contributed by atoms with E-state index in [9.17, 15) is 13.2 Å². The van der Waals surface area contributed by atoms with E-state index in [4.69, 9.17) is 0 Å². The van der Waals surface area contributed by atoms with E-state index >= 15 is 0 Å². The third-order valence-corrected chi connectivity index (χ3v) is 3.38. The van der Waals surface area contributed by atoms with Crippen molar-refractivity contribution in [2.75, 3.05) is 12.9 Å². The van der Waals surface area contributed by atoms with Crippen molar-refractivity contribution < 1.29 is 22.5 Å². The van der Waals surface area contributed by atoms with Crippen LogP contribution in [-0.4, -0.2) is 37.4 Å². The summed E-state index contributed by atoms with van der Waals surface area (Å²) in [6.07, 6.45) is 1.05. The molecule has 1 aromatic rings. The molecule has 0 aromatic carbocycles. The molecule has 0 amide bonds. The number of carbonyl (C=O) groups is 1. The summed E-state index contributed by atoms with van der Waals surface area (Å²) in [5.41, 5.74) is 0. The Kier molecular flexibility index (Phi) is 3.63. The second kappa shape index (κ2) is 4.60. The molecule has 0 N–H and O–H groups in total. The highest BCUT2D eigenvalue weighted by Crippen LogP contribution is 2.18. The highest BCUT2D eigenvalue weighted by molar-refractivity contribution is 7.90. The van der Waals surface area contributed by atoms with E-state index in [1.165, 1.54) is 6.92 Å². The van der Waals surface area contributed by atoms with E-state index in [0.29, 0.717) is 0 Å². The normalized spacial score (nSPS) is 13.4. The van der Waals surface area contributed by atoms with Gasteiger partial charge in [0.15, 0.2) is 9.84 Å². The molecule has 90 valence electrons. The first-order valence-electron chi connectivity index (χ1n) is 4.55. The molecule has 8 heteroatoms. The molecule has 0 saturated heterocycles. The molecule has 7 nitrogen and oxygen atoms in total. The Morgan fingerprint density at radius 1 is 1.56 bits per heavy atom. The zero-order chi connectivity index (χ0) is 12.3. The van der Waals surface area contributed by atoms with Gasteiger partial charge in [0.2, 0.25) is 5.89 Å². The third kappa shape index (κ3) is 2.78. The van der Waals surface area contributed by atoms with Crippen LogP contribution in [0.5, 0.6) is 0 Å². The molecular weight excluding hydrogens is 236 g/mol. The van der Waals surface area contributed by atoms with Crippen molar-refractivity contribution in [3.05, 3.63) is 11.7 Å². The molecule has 16 heavy (non-hydrogen) atoms. The number of hydrogen-bond donors (Lipinski definition) is 0. The summed E-state index contributed by atoms with van der Waals surface area (Å²) < 4.78 is 31.7. The van der Waals surface area contributed by atoms with Crippen LogP contribution in [0.15, 0.2) is 4.52 Å². The highest BCUT2D eigenvalue weighted by Gasteiger charge is 2.25. The van der Waals surface area contributed by atoms with Gasteiger partial charge >= 0.3 is 5.97 Å². The monoisotopic (exact) mass is 248 g/mol. The van der Waals surface area contributed by atoms with Crippen molar-refractivity contribution in [1.82, 2.24) is 10.1 Å². The number of sulfone groups is 1. The molecule has 1 rings (SSSR count). The van der Waals surface area contributed by atoms with Gasteiger partial charge in [-0.3, -0.25) is 0 Å². The van der Waals surface area contributed by atoms with E-state index in [2.05, 4.69) is 19.4 Å². The highest BCUT2D eigenvalue weighted by atomic mass is 32.2. The second-order valence-corrected chi connectivity index (χ2v) is 5.51.